The van der Waals surface area contributed by atoms with Gasteiger partial charge in [-0.3, -0.25) is 9.78 Å². The van der Waals surface area contributed by atoms with Crippen molar-refractivity contribution in [3.05, 3.63) is 53.9 Å². The van der Waals surface area contributed by atoms with E-state index in [1.54, 1.807) is 12.4 Å². The summed E-state index contributed by atoms with van der Waals surface area (Å²) in [6.45, 7) is 4.82. The number of piperidine rings is 1. The Hall–Kier alpha value is -2.20. The van der Waals surface area contributed by atoms with Crippen molar-refractivity contribution in [3.8, 4) is 11.1 Å². The minimum atomic E-state index is -0.0116. The first-order valence-corrected chi connectivity index (χ1v) is 8.65. The van der Waals surface area contributed by atoms with Gasteiger partial charge in [-0.1, -0.05) is 29.8 Å². The summed E-state index contributed by atoms with van der Waals surface area (Å²) < 4.78 is 0. The van der Waals surface area contributed by atoms with Crippen molar-refractivity contribution in [2.45, 2.75) is 45.2 Å². The zero-order chi connectivity index (χ0) is 17.1. The maximum atomic E-state index is 13.0. The number of aryl methyl sites for hydroxylation is 1. The Labute approximate surface area is 143 Å². The van der Waals surface area contributed by atoms with E-state index in [0.717, 1.165) is 36.9 Å². The highest BCUT2D eigenvalue weighted by Crippen LogP contribution is 2.24. The van der Waals surface area contributed by atoms with E-state index in [9.17, 15) is 4.79 Å². The maximum Gasteiger partial charge on any atom is 0.255 e. The molecule has 1 aromatic carbocycles. The Balaban J connectivity index is 1.87. The summed E-state index contributed by atoms with van der Waals surface area (Å²) in [5.41, 5.74) is 10.00. The molecular formula is C20H25N3O. The topological polar surface area (TPSA) is 59.2 Å². The van der Waals surface area contributed by atoms with Crippen molar-refractivity contribution in [2.24, 2.45) is 5.73 Å². The average Bonchev–Trinajstić information content (AvgIpc) is 2.62. The van der Waals surface area contributed by atoms with Crippen LogP contribution < -0.4 is 5.73 Å². The van der Waals surface area contributed by atoms with Gasteiger partial charge in [0.2, 0.25) is 0 Å². The fourth-order valence-electron chi connectivity index (χ4n) is 3.38. The van der Waals surface area contributed by atoms with Crippen LogP contribution in [0.5, 0.6) is 0 Å². The van der Waals surface area contributed by atoms with Crippen molar-refractivity contribution in [3.63, 3.8) is 0 Å². The molecule has 0 aliphatic carbocycles. The number of benzene rings is 1. The highest BCUT2D eigenvalue weighted by Gasteiger charge is 2.30. The van der Waals surface area contributed by atoms with Crippen LogP contribution in [0.15, 0.2) is 42.7 Å². The normalized spacial score (nSPS) is 19.1. The third kappa shape index (κ3) is 3.49. The van der Waals surface area contributed by atoms with Crippen LogP contribution in [0.25, 0.3) is 11.1 Å². The molecule has 2 aromatic rings. The monoisotopic (exact) mass is 323 g/mol. The van der Waals surface area contributed by atoms with Crippen LogP contribution in [0.4, 0.5) is 0 Å². The molecule has 1 amide bonds. The maximum absolute atomic E-state index is 13.0. The molecule has 0 spiro atoms. The van der Waals surface area contributed by atoms with E-state index in [0.29, 0.717) is 5.56 Å². The van der Waals surface area contributed by atoms with E-state index < -0.39 is 0 Å². The van der Waals surface area contributed by atoms with E-state index >= 15 is 0 Å². The predicted octanol–water partition coefficient (Wildman–Crippen LogP) is 3.40. The fraction of sp³-hybridized carbons (Fsp3) is 0.400. The molecule has 4 nitrogen and oxygen atoms in total. The largest absolute Gasteiger partial charge is 0.334 e. The van der Waals surface area contributed by atoms with E-state index in [2.05, 4.69) is 36.2 Å². The quantitative estimate of drug-likeness (QED) is 0.942. The molecule has 0 radical (unpaired) electrons. The molecule has 126 valence electrons. The summed E-state index contributed by atoms with van der Waals surface area (Å²) in [7, 11) is 0. The van der Waals surface area contributed by atoms with E-state index in [1.165, 1.54) is 5.56 Å². The highest BCUT2D eigenvalue weighted by atomic mass is 16.2. The summed E-state index contributed by atoms with van der Waals surface area (Å²) in [6, 6.07) is 10.3. The summed E-state index contributed by atoms with van der Waals surface area (Å²) in [4.78, 5) is 19.2. The van der Waals surface area contributed by atoms with E-state index in [4.69, 9.17) is 5.73 Å². The Morgan fingerprint density at radius 1 is 1.21 bits per heavy atom. The third-order valence-corrected chi connectivity index (χ3v) is 4.79. The number of likely N-dealkylation sites (tertiary alicyclic amines) is 1. The standard InChI is InChI=1S/C20H25N3O/c1-14-6-8-16(9-7-14)17-11-18(13-22-12-17)20(24)23-10-4-3-5-19(23)15(2)21/h6-9,11-13,15,19H,3-5,10,21H2,1-2H3. The molecule has 2 unspecified atom stereocenters. The number of hydrogen-bond acceptors (Lipinski definition) is 3. The molecule has 1 fully saturated rings. The Kier molecular flexibility index (Phi) is 4.95. The SMILES string of the molecule is Cc1ccc(-c2cncc(C(=O)N3CCCCC3C(C)N)c2)cc1. The molecule has 1 aliphatic rings. The lowest BCUT2D eigenvalue weighted by molar-refractivity contribution is 0.0583. The van der Waals surface area contributed by atoms with Crippen molar-refractivity contribution in [1.29, 1.82) is 0 Å². The van der Waals surface area contributed by atoms with Crippen LogP contribution in [0.1, 0.15) is 42.1 Å². The summed E-state index contributed by atoms with van der Waals surface area (Å²) in [6.07, 6.45) is 6.62. The zero-order valence-corrected chi connectivity index (χ0v) is 14.4. The Bertz CT molecular complexity index is 709. The number of amides is 1. The first-order chi connectivity index (χ1) is 11.6. The number of nitrogens with two attached hydrogens (primary N) is 1. The summed E-state index contributed by atoms with van der Waals surface area (Å²) in [5, 5.41) is 0. The number of aromatic nitrogens is 1. The molecule has 1 aliphatic heterocycles. The number of carbonyl (C=O) groups is 1. The molecule has 24 heavy (non-hydrogen) atoms. The second-order valence-electron chi connectivity index (χ2n) is 6.75. The van der Waals surface area contributed by atoms with Gasteiger partial charge in [0.05, 0.1) is 5.56 Å². The van der Waals surface area contributed by atoms with Crippen molar-refractivity contribution in [1.82, 2.24) is 9.88 Å². The van der Waals surface area contributed by atoms with Gasteiger partial charge in [-0.05, 0) is 44.7 Å². The van der Waals surface area contributed by atoms with Crippen LogP contribution >= 0.6 is 0 Å². The van der Waals surface area contributed by atoms with Crippen molar-refractivity contribution in [2.75, 3.05) is 6.54 Å². The lowest BCUT2D eigenvalue weighted by Crippen LogP contribution is -2.51. The van der Waals surface area contributed by atoms with Gasteiger partial charge in [-0.25, -0.2) is 0 Å². The summed E-state index contributed by atoms with van der Waals surface area (Å²) >= 11 is 0. The first-order valence-electron chi connectivity index (χ1n) is 8.65. The van der Waals surface area contributed by atoms with Gasteiger partial charge in [0.15, 0.2) is 0 Å². The van der Waals surface area contributed by atoms with Crippen LogP contribution in [0.3, 0.4) is 0 Å². The van der Waals surface area contributed by atoms with Crippen LogP contribution in [0, 0.1) is 6.92 Å². The van der Waals surface area contributed by atoms with Gasteiger partial charge in [-0.2, -0.15) is 0 Å². The van der Waals surface area contributed by atoms with Crippen LogP contribution in [-0.2, 0) is 0 Å². The second kappa shape index (κ2) is 7.14. The van der Waals surface area contributed by atoms with Gasteiger partial charge in [-0.15, -0.1) is 0 Å². The van der Waals surface area contributed by atoms with E-state index in [-0.39, 0.29) is 18.0 Å². The van der Waals surface area contributed by atoms with Gasteiger partial charge in [0, 0.05) is 36.6 Å². The third-order valence-electron chi connectivity index (χ3n) is 4.79. The van der Waals surface area contributed by atoms with E-state index in [1.807, 2.05) is 17.9 Å². The molecule has 1 saturated heterocycles. The number of hydrogen-bond donors (Lipinski definition) is 1. The number of pyridine rings is 1. The number of nitrogens with zero attached hydrogens (tertiary/aromatic N) is 2. The predicted molar refractivity (Wildman–Crippen MR) is 96.7 cm³/mol. The van der Waals surface area contributed by atoms with Crippen molar-refractivity contribution >= 4 is 5.91 Å². The minimum absolute atomic E-state index is 0.0116. The average molecular weight is 323 g/mol. The first kappa shape index (κ1) is 16.7. The van der Waals surface area contributed by atoms with Crippen LogP contribution in [0.2, 0.25) is 0 Å². The number of carbonyl (C=O) groups excluding carboxylic acids is 1. The molecule has 0 saturated carbocycles. The smallest absolute Gasteiger partial charge is 0.255 e. The number of rotatable bonds is 3. The molecule has 2 heterocycles. The molecule has 0 bridgehead atoms. The van der Waals surface area contributed by atoms with Gasteiger partial charge < -0.3 is 10.6 Å². The molecular weight excluding hydrogens is 298 g/mol. The lowest BCUT2D eigenvalue weighted by Gasteiger charge is -2.38. The molecule has 3 rings (SSSR count). The molecule has 4 heteroatoms. The fourth-order valence-corrected chi connectivity index (χ4v) is 3.38. The second-order valence-corrected chi connectivity index (χ2v) is 6.75. The Morgan fingerprint density at radius 2 is 1.96 bits per heavy atom. The minimum Gasteiger partial charge on any atom is -0.334 e. The summed E-state index contributed by atoms with van der Waals surface area (Å²) in [5.74, 6) is 0.0402. The highest BCUT2D eigenvalue weighted by molar-refractivity contribution is 5.95. The Morgan fingerprint density at radius 3 is 2.67 bits per heavy atom. The van der Waals surface area contributed by atoms with Crippen LogP contribution in [-0.4, -0.2) is 34.4 Å². The van der Waals surface area contributed by atoms with Gasteiger partial charge in [0.1, 0.15) is 0 Å². The molecule has 2 atom stereocenters. The zero-order valence-electron chi connectivity index (χ0n) is 14.4. The van der Waals surface area contributed by atoms with Gasteiger partial charge >= 0.3 is 0 Å². The molecule has 1 aromatic heterocycles. The van der Waals surface area contributed by atoms with Crippen molar-refractivity contribution < 1.29 is 4.79 Å². The molecule has 2 N–H and O–H groups in total. The van der Waals surface area contributed by atoms with Gasteiger partial charge in [0.25, 0.3) is 5.91 Å². The lowest BCUT2D eigenvalue weighted by atomic mass is 9.96.